The summed E-state index contributed by atoms with van der Waals surface area (Å²) in [6, 6.07) is 5.34. The lowest BCUT2D eigenvalue weighted by Gasteiger charge is -2.39. The normalized spacial score (nSPS) is 26.7. The number of ether oxygens (including phenoxy) is 1. The van der Waals surface area contributed by atoms with E-state index in [0.717, 1.165) is 37.9 Å². The van der Waals surface area contributed by atoms with Crippen molar-refractivity contribution < 1.29 is 13.2 Å². The van der Waals surface area contributed by atoms with Gasteiger partial charge in [-0.05, 0) is 62.9 Å². The number of hydrogen-bond donors (Lipinski definition) is 0. The number of rotatable bonds is 3. The van der Waals surface area contributed by atoms with E-state index in [4.69, 9.17) is 4.74 Å². The van der Waals surface area contributed by atoms with Gasteiger partial charge in [-0.3, -0.25) is 0 Å². The van der Waals surface area contributed by atoms with Gasteiger partial charge in [-0.1, -0.05) is 6.07 Å². The molecular formula is C17H26N2O3S. The molecule has 23 heavy (non-hydrogen) atoms. The highest BCUT2D eigenvalue weighted by atomic mass is 32.2. The number of methoxy groups -OCH3 is 1. The monoisotopic (exact) mass is 338 g/mol. The van der Waals surface area contributed by atoms with E-state index in [1.54, 1.807) is 16.4 Å². The molecule has 2 fully saturated rings. The van der Waals surface area contributed by atoms with Crippen LogP contribution in [-0.2, 0) is 10.0 Å². The van der Waals surface area contributed by atoms with Crippen molar-refractivity contribution in [1.29, 1.82) is 0 Å². The van der Waals surface area contributed by atoms with Gasteiger partial charge in [-0.15, -0.1) is 0 Å². The summed E-state index contributed by atoms with van der Waals surface area (Å²) in [7, 11) is 0.120. The van der Waals surface area contributed by atoms with Crippen LogP contribution in [0.5, 0.6) is 5.75 Å². The Kier molecular flexibility index (Phi) is 4.42. The molecule has 0 N–H and O–H groups in total. The lowest BCUT2D eigenvalue weighted by atomic mass is 9.80. The molecule has 1 aromatic rings. The van der Waals surface area contributed by atoms with Crippen molar-refractivity contribution in [2.45, 2.75) is 31.1 Å². The molecule has 0 radical (unpaired) electrons. The number of piperidine rings is 1. The molecule has 0 amide bonds. The molecule has 3 rings (SSSR count). The molecule has 1 atom stereocenters. The molecular weight excluding hydrogens is 312 g/mol. The maximum absolute atomic E-state index is 13.2. The van der Waals surface area contributed by atoms with Crippen LogP contribution in [0.25, 0.3) is 0 Å². The number of hydrogen-bond acceptors (Lipinski definition) is 4. The summed E-state index contributed by atoms with van der Waals surface area (Å²) < 4.78 is 33.3. The van der Waals surface area contributed by atoms with E-state index >= 15 is 0 Å². The fourth-order valence-electron chi connectivity index (χ4n) is 3.98. The zero-order valence-corrected chi connectivity index (χ0v) is 15.0. The Hall–Kier alpha value is -1.11. The van der Waals surface area contributed by atoms with E-state index in [1.165, 1.54) is 7.11 Å². The van der Waals surface area contributed by atoms with Crippen LogP contribution in [0.3, 0.4) is 0 Å². The summed E-state index contributed by atoms with van der Waals surface area (Å²) in [5.41, 5.74) is 1.05. The molecule has 1 spiro atoms. The van der Waals surface area contributed by atoms with Gasteiger partial charge in [-0.2, -0.15) is 4.31 Å². The number of benzene rings is 1. The third-order valence-electron chi connectivity index (χ3n) is 5.19. The van der Waals surface area contributed by atoms with Gasteiger partial charge >= 0.3 is 0 Å². The molecule has 1 aromatic carbocycles. The minimum absolute atomic E-state index is 0.122. The summed E-state index contributed by atoms with van der Waals surface area (Å²) >= 11 is 0. The lowest BCUT2D eigenvalue weighted by molar-refractivity contribution is 0.153. The van der Waals surface area contributed by atoms with E-state index in [9.17, 15) is 8.42 Å². The van der Waals surface area contributed by atoms with Crippen LogP contribution in [0.15, 0.2) is 23.1 Å². The molecule has 2 heterocycles. The Morgan fingerprint density at radius 1 is 1.17 bits per heavy atom. The maximum Gasteiger partial charge on any atom is 0.246 e. The van der Waals surface area contributed by atoms with Crippen LogP contribution < -0.4 is 4.74 Å². The standard InChI is InChI=1S/C17H26N2O3S/c1-14-5-6-15(22-3)16(11-14)23(20,21)19-9-4-7-17(13-19)8-10-18(2)12-17/h5-6,11H,4,7-10,12-13H2,1-3H3/t17-/m0/s1. The quantitative estimate of drug-likeness (QED) is 0.847. The Morgan fingerprint density at radius 3 is 2.61 bits per heavy atom. The number of aryl methyl sites for hydroxylation is 1. The van der Waals surface area contributed by atoms with Crippen LogP contribution in [-0.4, -0.2) is 58.0 Å². The molecule has 0 aromatic heterocycles. The second-order valence-electron chi connectivity index (χ2n) is 7.08. The highest BCUT2D eigenvalue weighted by Crippen LogP contribution is 2.40. The van der Waals surface area contributed by atoms with Gasteiger partial charge in [0.1, 0.15) is 10.6 Å². The largest absolute Gasteiger partial charge is 0.495 e. The van der Waals surface area contributed by atoms with E-state index < -0.39 is 10.0 Å². The van der Waals surface area contributed by atoms with Crippen molar-refractivity contribution in [3.05, 3.63) is 23.8 Å². The molecule has 0 saturated carbocycles. The van der Waals surface area contributed by atoms with E-state index in [2.05, 4.69) is 11.9 Å². The zero-order valence-electron chi connectivity index (χ0n) is 14.2. The van der Waals surface area contributed by atoms with Gasteiger partial charge in [0.05, 0.1) is 7.11 Å². The van der Waals surface area contributed by atoms with Crippen molar-refractivity contribution in [2.24, 2.45) is 5.41 Å². The molecule has 0 aliphatic carbocycles. The first-order valence-corrected chi connectivity index (χ1v) is 9.64. The second kappa shape index (κ2) is 6.07. The second-order valence-corrected chi connectivity index (χ2v) is 8.99. The Morgan fingerprint density at radius 2 is 1.96 bits per heavy atom. The van der Waals surface area contributed by atoms with Crippen LogP contribution in [0.1, 0.15) is 24.8 Å². The molecule has 0 bridgehead atoms. The molecule has 5 nitrogen and oxygen atoms in total. The Bertz CT molecular complexity index is 685. The highest BCUT2D eigenvalue weighted by molar-refractivity contribution is 7.89. The third kappa shape index (κ3) is 3.12. The van der Waals surface area contributed by atoms with Gasteiger partial charge < -0.3 is 9.64 Å². The zero-order chi connectivity index (χ0) is 16.7. The minimum atomic E-state index is -3.52. The molecule has 2 aliphatic rings. The fourth-order valence-corrected chi connectivity index (χ4v) is 5.82. The summed E-state index contributed by atoms with van der Waals surface area (Å²) in [5.74, 6) is 0.429. The van der Waals surface area contributed by atoms with Crippen molar-refractivity contribution in [3.63, 3.8) is 0 Å². The lowest BCUT2D eigenvalue weighted by Crippen LogP contribution is -2.47. The summed E-state index contributed by atoms with van der Waals surface area (Å²) in [4.78, 5) is 2.60. The molecule has 2 aliphatic heterocycles. The average molecular weight is 338 g/mol. The molecule has 6 heteroatoms. The predicted octanol–water partition coefficient (Wildman–Crippen LogP) is 2.11. The van der Waals surface area contributed by atoms with E-state index in [-0.39, 0.29) is 5.41 Å². The molecule has 0 unspecified atom stereocenters. The number of nitrogens with zero attached hydrogens (tertiary/aromatic N) is 2. The number of sulfonamides is 1. The minimum Gasteiger partial charge on any atom is -0.495 e. The molecule has 2 saturated heterocycles. The first-order chi connectivity index (χ1) is 10.9. The van der Waals surface area contributed by atoms with Crippen LogP contribution in [0.4, 0.5) is 0 Å². The third-order valence-corrected chi connectivity index (χ3v) is 7.06. The van der Waals surface area contributed by atoms with Crippen LogP contribution in [0, 0.1) is 12.3 Å². The van der Waals surface area contributed by atoms with Crippen molar-refractivity contribution in [1.82, 2.24) is 9.21 Å². The number of likely N-dealkylation sites (tertiary alicyclic amines) is 1. The van der Waals surface area contributed by atoms with E-state index in [0.29, 0.717) is 23.7 Å². The Balaban J connectivity index is 1.92. The summed E-state index contributed by atoms with van der Waals surface area (Å²) in [5, 5.41) is 0. The van der Waals surface area contributed by atoms with Gasteiger partial charge in [0, 0.05) is 19.6 Å². The van der Waals surface area contributed by atoms with Gasteiger partial charge in [0.15, 0.2) is 0 Å². The first-order valence-electron chi connectivity index (χ1n) is 8.20. The summed E-state index contributed by atoms with van der Waals surface area (Å²) in [6.07, 6.45) is 3.13. The smallest absolute Gasteiger partial charge is 0.246 e. The Labute approximate surface area is 139 Å². The van der Waals surface area contributed by atoms with Crippen LogP contribution >= 0.6 is 0 Å². The van der Waals surface area contributed by atoms with Gasteiger partial charge in [0.25, 0.3) is 0 Å². The van der Waals surface area contributed by atoms with Gasteiger partial charge in [-0.25, -0.2) is 8.42 Å². The predicted molar refractivity (Wildman–Crippen MR) is 90.3 cm³/mol. The van der Waals surface area contributed by atoms with Gasteiger partial charge in [0.2, 0.25) is 10.0 Å². The average Bonchev–Trinajstić information content (AvgIpc) is 2.87. The highest BCUT2D eigenvalue weighted by Gasteiger charge is 2.43. The van der Waals surface area contributed by atoms with Crippen molar-refractivity contribution in [2.75, 3.05) is 40.3 Å². The first kappa shape index (κ1) is 16.7. The van der Waals surface area contributed by atoms with E-state index in [1.807, 2.05) is 13.0 Å². The van der Waals surface area contributed by atoms with Crippen molar-refractivity contribution >= 4 is 10.0 Å². The fraction of sp³-hybridized carbons (Fsp3) is 0.647. The topological polar surface area (TPSA) is 49.9 Å². The SMILES string of the molecule is COc1ccc(C)cc1S(=O)(=O)N1CCC[C@@]2(CCN(C)C2)C1. The molecule has 128 valence electrons. The van der Waals surface area contributed by atoms with Crippen molar-refractivity contribution in [3.8, 4) is 5.75 Å². The summed E-state index contributed by atoms with van der Waals surface area (Å²) in [6.45, 7) is 5.18. The maximum atomic E-state index is 13.2. The van der Waals surface area contributed by atoms with Crippen LogP contribution in [0.2, 0.25) is 0 Å².